The average Bonchev–Trinajstić information content (AvgIpc) is 3.32. The lowest BCUT2D eigenvalue weighted by atomic mass is 9.63. The van der Waals surface area contributed by atoms with E-state index in [-0.39, 0.29) is 35.6 Å². The molecule has 196 valence electrons. The van der Waals surface area contributed by atoms with Crippen molar-refractivity contribution in [3.8, 4) is 6.07 Å². The zero-order chi connectivity index (χ0) is 25.0. The minimum Gasteiger partial charge on any atom is -0.380 e. The fourth-order valence-corrected chi connectivity index (χ4v) is 7.04. The number of hydrogen-bond acceptors (Lipinski definition) is 6. The van der Waals surface area contributed by atoms with Crippen molar-refractivity contribution in [1.29, 1.82) is 5.26 Å². The first kappa shape index (κ1) is 26.0. The minimum atomic E-state index is -0.229. The van der Waals surface area contributed by atoms with Crippen molar-refractivity contribution in [2.45, 2.75) is 63.5 Å². The third-order valence-electron chi connectivity index (χ3n) is 9.15. The maximum absolute atomic E-state index is 13.9. The molecule has 2 aromatic carbocycles. The number of halogens is 1. The largest absolute Gasteiger partial charge is 0.380 e. The average molecular weight is 521 g/mol. The van der Waals surface area contributed by atoms with E-state index in [1.54, 1.807) is 0 Å². The topological polar surface area (TPSA) is 68.6 Å². The Kier molecular flexibility index (Phi) is 7.00. The highest BCUT2D eigenvalue weighted by atomic mass is 35.5. The van der Waals surface area contributed by atoms with Crippen molar-refractivity contribution < 1.29 is 9.53 Å². The number of fused-ring (bicyclic) bond motifs is 4. The van der Waals surface area contributed by atoms with Gasteiger partial charge in [-0.1, -0.05) is 26.8 Å². The monoisotopic (exact) mass is 520 g/mol. The molecule has 2 aromatic rings. The molecule has 0 spiro atoms. The van der Waals surface area contributed by atoms with Crippen molar-refractivity contribution in [2.75, 3.05) is 49.6 Å². The molecular weight excluding hydrogens is 484 g/mol. The van der Waals surface area contributed by atoms with Gasteiger partial charge in [0.1, 0.15) is 0 Å². The summed E-state index contributed by atoms with van der Waals surface area (Å²) < 4.78 is 5.56. The van der Waals surface area contributed by atoms with Crippen LogP contribution in [0.1, 0.15) is 72.1 Å². The van der Waals surface area contributed by atoms with Crippen molar-refractivity contribution in [3.05, 3.63) is 58.1 Å². The van der Waals surface area contributed by atoms with E-state index in [0.717, 1.165) is 68.2 Å². The second kappa shape index (κ2) is 9.94. The van der Waals surface area contributed by atoms with Crippen LogP contribution in [0.3, 0.4) is 0 Å². The second-order valence-corrected chi connectivity index (χ2v) is 11.3. The fourth-order valence-electron chi connectivity index (χ4n) is 7.04. The van der Waals surface area contributed by atoms with Gasteiger partial charge in [-0.25, -0.2) is 0 Å². The lowest BCUT2D eigenvalue weighted by molar-refractivity contribution is 0.0115. The number of Topliss-reactive ketones (excluding diaryl/α,β-unsaturated/α-hetero) is 1. The van der Waals surface area contributed by atoms with Gasteiger partial charge in [0.25, 0.3) is 0 Å². The van der Waals surface area contributed by atoms with E-state index in [9.17, 15) is 10.1 Å². The zero-order valence-corrected chi connectivity index (χ0v) is 22.9. The molecule has 2 fully saturated rings. The van der Waals surface area contributed by atoms with Gasteiger partial charge in [0.05, 0.1) is 30.8 Å². The molecule has 2 atom stereocenters. The first-order valence-corrected chi connectivity index (χ1v) is 13.5. The maximum atomic E-state index is 13.9. The number of aryl methyl sites for hydroxylation is 1. The summed E-state index contributed by atoms with van der Waals surface area (Å²) in [5.41, 5.74) is 6.95. The molecule has 2 unspecified atom stereocenters. The first-order valence-electron chi connectivity index (χ1n) is 13.5. The molecule has 6 nitrogen and oxygen atoms in total. The highest BCUT2D eigenvalue weighted by Crippen LogP contribution is 2.52. The van der Waals surface area contributed by atoms with Crippen molar-refractivity contribution in [3.63, 3.8) is 0 Å². The Labute approximate surface area is 226 Å². The summed E-state index contributed by atoms with van der Waals surface area (Å²) in [4.78, 5) is 19.1. The SMILES string of the molecule is CCc1cc2c(cc1N1CCC(N3CCOCC3)CC1)C(C)(C)C1Nc3cc(C#N)ccc3C1C2=O.Cl. The zero-order valence-electron chi connectivity index (χ0n) is 22.0. The smallest absolute Gasteiger partial charge is 0.172 e. The third kappa shape index (κ3) is 4.22. The van der Waals surface area contributed by atoms with Crippen molar-refractivity contribution in [2.24, 2.45) is 0 Å². The Morgan fingerprint density at radius 3 is 2.51 bits per heavy atom. The van der Waals surface area contributed by atoms with Gasteiger partial charge < -0.3 is 15.0 Å². The molecule has 3 aliphatic heterocycles. The van der Waals surface area contributed by atoms with Crippen LogP contribution >= 0.6 is 12.4 Å². The summed E-state index contributed by atoms with van der Waals surface area (Å²) in [6.07, 6.45) is 3.25. The van der Waals surface area contributed by atoms with Crippen LogP contribution in [0.5, 0.6) is 0 Å². The molecule has 6 rings (SSSR count). The van der Waals surface area contributed by atoms with Crippen LogP contribution in [0.15, 0.2) is 30.3 Å². The lowest BCUT2D eigenvalue weighted by Crippen LogP contribution is -2.50. The van der Waals surface area contributed by atoms with Crippen LogP contribution in [-0.4, -0.2) is 62.2 Å². The quantitative estimate of drug-likeness (QED) is 0.621. The molecule has 0 saturated carbocycles. The number of hydrogen-bond donors (Lipinski definition) is 1. The minimum absolute atomic E-state index is 0. The highest BCUT2D eigenvalue weighted by Gasteiger charge is 2.51. The number of carbonyl (C=O) groups excluding carboxylic acids is 1. The summed E-state index contributed by atoms with van der Waals surface area (Å²) in [6.45, 7) is 12.6. The van der Waals surface area contributed by atoms with Gasteiger partial charge in [-0.2, -0.15) is 5.26 Å². The van der Waals surface area contributed by atoms with Crippen molar-refractivity contribution >= 4 is 29.6 Å². The number of nitrogens with one attached hydrogen (secondary N) is 1. The Hall–Kier alpha value is -2.59. The van der Waals surface area contributed by atoms with Gasteiger partial charge in [-0.05, 0) is 60.2 Å². The number of nitrogens with zero attached hydrogens (tertiary/aromatic N) is 3. The number of morpholine rings is 1. The normalized spacial score (nSPS) is 24.8. The number of ketones is 1. The number of carbonyl (C=O) groups is 1. The Balaban J connectivity index is 0.00000280. The van der Waals surface area contributed by atoms with Crippen LogP contribution in [0.25, 0.3) is 0 Å². The van der Waals surface area contributed by atoms with Gasteiger partial charge in [0, 0.05) is 60.6 Å². The fraction of sp³-hybridized carbons (Fsp3) is 0.533. The molecule has 3 heterocycles. The van der Waals surface area contributed by atoms with Gasteiger partial charge in [0.2, 0.25) is 0 Å². The van der Waals surface area contributed by atoms with E-state index in [1.165, 1.54) is 24.1 Å². The number of rotatable bonds is 3. The summed E-state index contributed by atoms with van der Waals surface area (Å²) in [6, 6.07) is 13.1. The molecule has 0 amide bonds. The van der Waals surface area contributed by atoms with Gasteiger partial charge >= 0.3 is 0 Å². The number of piperidine rings is 1. The summed E-state index contributed by atoms with van der Waals surface area (Å²) in [7, 11) is 0. The lowest BCUT2D eigenvalue weighted by Gasteiger charge is -2.44. The maximum Gasteiger partial charge on any atom is 0.172 e. The van der Waals surface area contributed by atoms with Gasteiger partial charge in [-0.15, -0.1) is 12.4 Å². The molecule has 37 heavy (non-hydrogen) atoms. The second-order valence-electron chi connectivity index (χ2n) is 11.3. The van der Waals surface area contributed by atoms with Crippen LogP contribution in [0.2, 0.25) is 0 Å². The van der Waals surface area contributed by atoms with Crippen molar-refractivity contribution in [1.82, 2.24) is 4.90 Å². The van der Waals surface area contributed by atoms with Gasteiger partial charge in [0.15, 0.2) is 5.78 Å². The Morgan fingerprint density at radius 1 is 1.11 bits per heavy atom. The number of anilines is 2. The molecule has 7 heteroatoms. The Morgan fingerprint density at radius 2 is 1.84 bits per heavy atom. The summed E-state index contributed by atoms with van der Waals surface area (Å²) in [5, 5.41) is 13.0. The molecule has 1 N–H and O–H groups in total. The predicted octanol–water partition coefficient (Wildman–Crippen LogP) is 4.90. The number of benzene rings is 2. The standard InChI is InChI=1S/C30H36N4O2.ClH/c1-4-20-16-23-24(17-26(20)34-9-7-21(8-10-34)33-11-13-36-14-12-33)30(2,3)29-27(28(23)35)22-6-5-19(18-31)15-25(22)32-29;/h5-6,15-17,21,27,29,32H,4,7-14H2,1-3H3;1H. The number of ether oxygens (including phenoxy) is 1. The molecule has 4 aliphatic rings. The predicted molar refractivity (Wildman–Crippen MR) is 149 cm³/mol. The molecule has 1 aliphatic carbocycles. The van der Waals surface area contributed by atoms with E-state index in [0.29, 0.717) is 11.6 Å². The highest BCUT2D eigenvalue weighted by molar-refractivity contribution is 6.07. The first-order chi connectivity index (χ1) is 17.4. The van der Waals surface area contributed by atoms with Crippen LogP contribution in [-0.2, 0) is 16.6 Å². The third-order valence-corrected chi connectivity index (χ3v) is 9.15. The molecule has 0 bridgehead atoms. The van der Waals surface area contributed by atoms with E-state index >= 15 is 0 Å². The summed E-state index contributed by atoms with van der Waals surface area (Å²) >= 11 is 0. The molecule has 0 radical (unpaired) electrons. The van der Waals surface area contributed by atoms with Crippen LogP contribution in [0, 0.1) is 11.3 Å². The van der Waals surface area contributed by atoms with Crippen LogP contribution < -0.4 is 10.2 Å². The van der Waals surface area contributed by atoms with E-state index < -0.39 is 0 Å². The van der Waals surface area contributed by atoms with E-state index in [4.69, 9.17) is 4.74 Å². The summed E-state index contributed by atoms with van der Waals surface area (Å²) in [5.74, 6) is -0.00683. The Bertz CT molecular complexity index is 1240. The number of nitriles is 1. The molecular formula is C30H37ClN4O2. The van der Waals surface area contributed by atoms with E-state index in [2.05, 4.69) is 54.1 Å². The van der Waals surface area contributed by atoms with E-state index in [1.807, 2.05) is 18.2 Å². The van der Waals surface area contributed by atoms with Gasteiger partial charge in [-0.3, -0.25) is 9.69 Å². The molecule has 2 saturated heterocycles. The van der Waals surface area contributed by atoms with Crippen LogP contribution in [0.4, 0.5) is 11.4 Å². The molecule has 0 aromatic heterocycles.